The summed E-state index contributed by atoms with van der Waals surface area (Å²) in [7, 11) is 0. The van der Waals surface area contributed by atoms with Crippen LogP contribution in [0.2, 0.25) is 0 Å². The van der Waals surface area contributed by atoms with E-state index in [-0.39, 0.29) is 5.91 Å². The standard InChI is InChI=1S/C14H20BrN3O/c1-3-17(4-2)8-9-18-11-7-5-6-10(15)12(11)13(16)14(18)19/h5-7,13H,3-4,8-9,16H2,1-2H3. The van der Waals surface area contributed by atoms with E-state index in [9.17, 15) is 4.79 Å². The third-order valence-corrected chi connectivity index (χ3v) is 4.39. The van der Waals surface area contributed by atoms with Gasteiger partial charge in [-0.1, -0.05) is 35.8 Å². The van der Waals surface area contributed by atoms with E-state index in [0.29, 0.717) is 6.54 Å². The van der Waals surface area contributed by atoms with Gasteiger partial charge in [0.1, 0.15) is 6.04 Å². The van der Waals surface area contributed by atoms with Crippen molar-refractivity contribution >= 4 is 27.5 Å². The monoisotopic (exact) mass is 325 g/mol. The molecule has 0 spiro atoms. The van der Waals surface area contributed by atoms with Crippen LogP contribution in [-0.4, -0.2) is 37.0 Å². The van der Waals surface area contributed by atoms with Gasteiger partial charge in [-0.15, -0.1) is 0 Å². The Morgan fingerprint density at radius 2 is 2.05 bits per heavy atom. The maximum absolute atomic E-state index is 12.3. The van der Waals surface area contributed by atoms with E-state index in [0.717, 1.165) is 35.4 Å². The number of nitrogens with zero attached hydrogens (tertiary/aromatic N) is 2. The number of benzene rings is 1. The van der Waals surface area contributed by atoms with Crippen molar-refractivity contribution in [2.75, 3.05) is 31.1 Å². The Hall–Kier alpha value is -0.910. The summed E-state index contributed by atoms with van der Waals surface area (Å²) in [6.45, 7) is 7.82. The number of carbonyl (C=O) groups excluding carboxylic acids is 1. The number of hydrogen-bond donors (Lipinski definition) is 1. The normalized spacial score (nSPS) is 18.3. The highest BCUT2D eigenvalue weighted by Gasteiger charge is 2.35. The molecule has 4 nitrogen and oxygen atoms in total. The highest BCUT2D eigenvalue weighted by molar-refractivity contribution is 9.10. The van der Waals surface area contributed by atoms with E-state index in [4.69, 9.17) is 5.73 Å². The average Bonchev–Trinajstić information content (AvgIpc) is 2.65. The zero-order valence-electron chi connectivity index (χ0n) is 11.4. The summed E-state index contributed by atoms with van der Waals surface area (Å²) < 4.78 is 0.913. The zero-order valence-corrected chi connectivity index (χ0v) is 13.0. The van der Waals surface area contributed by atoms with Crippen molar-refractivity contribution in [1.29, 1.82) is 0 Å². The summed E-state index contributed by atoms with van der Waals surface area (Å²) >= 11 is 3.48. The quantitative estimate of drug-likeness (QED) is 0.902. The fourth-order valence-electron chi connectivity index (χ4n) is 2.49. The van der Waals surface area contributed by atoms with Crippen LogP contribution in [0.3, 0.4) is 0 Å². The first kappa shape index (κ1) is 14.5. The number of rotatable bonds is 5. The van der Waals surface area contributed by atoms with Gasteiger partial charge in [0, 0.05) is 23.1 Å². The van der Waals surface area contributed by atoms with E-state index >= 15 is 0 Å². The molecule has 0 fully saturated rings. The second-order valence-corrected chi connectivity index (χ2v) is 5.52. The third kappa shape index (κ3) is 2.68. The molecular weight excluding hydrogens is 306 g/mol. The third-order valence-electron chi connectivity index (χ3n) is 3.70. The maximum Gasteiger partial charge on any atom is 0.248 e. The van der Waals surface area contributed by atoms with Crippen molar-refractivity contribution in [3.05, 3.63) is 28.2 Å². The molecular formula is C14H20BrN3O. The molecule has 19 heavy (non-hydrogen) atoms. The summed E-state index contributed by atoms with van der Waals surface area (Å²) in [5.74, 6) is -0.00550. The first-order valence-corrected chi connectivity index (χ1v) is 7.47. The van der Waals surface area contributed by atoms with Crippen LogP contribution < -0.4 is 10.6 Å². The molecule has 104 valence electrons. The fourth-order valence-corrected chi connectivity index (χ4v) is 3.09. The highest BCUT2D eigenvalue weighted by atomic mass is 79.9. The Bertz CT molecular complexity index is 474. The fraction of sp³-hybridized carbons (Fsp3) is 0.500. The van der Waals surface area contributed by atoms with Gasteiger partial charge < -0.3 is 15.5 Å². The second-order valence-electron chi connectivity index (χ2n) is 4.67. The number of carbonyl (C=O) groups is 1. The molecule has 5 heteroatoms. The van der Waals surface area contributed by atoms with E-state index in [1.807, 2.05) is 23.1 Å². The van der Waals surface area contributed by atoms with Crippen LogP contribution in [0.5, 0.6) is 0 Å². The topological polar surface area (TPSA) is 49.6 Å². The molecule has 0 saturated carbocycles. The number of amides is 1. The summed E-state index contributed by atoms with van der Waals surface area (Å²) in [6.07, 6.45) is 0. The molecule has 1 amide bonds. The minimum atomic E-state index is -0.540. The molecule has 1 aromatic carbocycles. The van der Waals surface area contributed by atoms with E-state index in [1.54, 1.807) is 0 Å². The molecule has 1 aliphatic rings. The Balaban J connectivity index is 2.19. The van der Waals surface area contributed by atoms with Crippen LogP contribution in [0.1, 0.15) is 25.5 Å². The first-order chi connectivity index (χ1) is 9.10. The molecule has 1 unspecified atom stereocenters. The van der Waals surface area contributed by atoms with Gasteiger partial charge in [0.05, 0.1) is 5.69 Å². The smallest absolute Gasteiger partial charge is 0.248 e. The van der Waals surface area contributed by atoms with Gasteiger partial charge >= 0.3 is 0 Å². The van der Waals surface area contributed by atoms with Crippen molar-refractivity contribution < 1.29 is 4.79 Å². The van der Waals surface area contributed by atoms with E-state index in [2.05, 4.69) is 34.7 Å². The van der Waals surface area contributed by atoms with Gasteiger partial charge in [-0.25, -0.2) is 0 Å². The van der Waals surface area contributed by atoms with Crippen molar-refractivity contribution in [3.8, 4) is 0 Å². The Morgan fingerprint density at radius 3 is 2.68 bits per heavy atom. The van der Waals surface area contributed by atoms with Crippen molar-refractivity contribution in [3.63, 3.8) is 0 Å². The van der Waals surface area contributed by atoms with Gasteiger partial charge in [-0.05, 0) is 25.2 Å². The summed E-state index contributed by atoms with van der Waals surface area (Å²) in [5, 5.41) is 0. The number of nitrogens with two attached hydrogens (primary N) is 1. The molecule has 0 aliphatic carbocycles. The lowest BCUT2D eigenvalue weighted by Gasteiger charge is -2.23. The largest absolute Gasteiger partial charge is 0.316 e. The molecule has 0 radical (unpaired) electrons. The lowest BCUT2D eigenvalue weighted by Crippen LogP contribution is -2.38. The highest BCUT2D eigenvalue weighted by Crippen LogP contribution is 2.38. The molecule has 1 aliphatic heterocycles. The molecule has 0 bridgehead atoms. The van der Waals surface area contributed by atoms with Crippen LogP contribution >= 0.6 is 15.9 Å². The molecule has 1 heterocycles. The average molecular weight is 326 g/mol. The minimum Gasteiger partial charge on any atom is -0.316 e. The summed E-state index contributed by atoms with van der Waals surface area (Å²) in [6, 6.07) is 5.30. The Labute approximate surface area is 122 Å². The van der Waals surface area contributed by atoms with Crippen molar-refractivity contribution in [1.82, 2.24) is 4.90 Å². The first-order valence-electron chi connectivity index (χ1n) is 6.67. The van der Waals surface area contributed by atoms with Gasteiger partial charge in [-0.3, -0.25) is 4.79 Å². The van der Waals surface area contributed by atoms with Crippen LogP contribution in [0.4, 0.5) is 5.69 Å². The lowest BCUT2D eigenvalue weighted by atomic mass is 10.1. The minimum absolute atomic E-state index is 0.00550. The van der Waals surface area contributed by atoms with Crippen LogP contribution in [0.15, 0.2) is 22.7 Å². The van der Waals surface area contributed by atoms with Crippen molar-refractivity contribution in [2.45, 2.75) is 19.9 Å². The van der Waals surface area contributed by atoms with Crippen LogP contribution in [0.25, 0.3) is 0 Å². The maximum atomic E-state index is 12.3. The second kappa shape index (κ2) is 6.03. The van der Waals surface area contributed by atoms with Crippen LogP contribution in [0, 0.1) is 0 Å². The summed E-state index contributed by atoms with van der Waals surface area (Å²) in [5.41, 5.74) is 7.87. The Morgan fingerprint density at radius 1 is 1.37 bits per heavy atom. The SMILES string of the molecule is CCN(CC)CCN1C(=O)C(N)c2c(Br)cccc21. The Kier molecular flexibility index (Phi) is 4.60. The molecule has 2 rings (SSSR count). The molecule has 1 atom stereocenters. The number of hydrogen-bond acceptors (Lipinski definition) is 3. The number of likely N-dealkylation sites (N-methyl/N-ethyl adjacent to an activating group) is 1. The van der Waals surface area contributed by atoms with Gasteiger partial charge in [0.2, 0.25) is 5.91 Å². The zero-order chi connectivity index (χ0) is 14.0. The number of fused-ring (bicyclic) bond motifs is 1. The van der Waals surface area contributed by atoms with E-state index < -0.39 is 6.04 Å². The van der Waals surface area contributed by atoms with Crippen LogP contribution in [-0.2, 0) is 4.79 Å². The molecule has 0 aromatic heterocycles. The van der Waals surface area contributed by atoms with Gasteiger partial charge in [0.15, 0.2) is 0 Å². The number of halogens is 1. The van der Waals surface area contributed by atoms with Crippen molar-refractivity contribution in [2.24, 2.45) is 5.73 Å². The van der Waals surface area contributed by atoms with E-state index in [1.165, 1.54) is 0 Å². The molecule has 0 saturated heterocycles. The number of anilines is 1. The van der Waals surface area contributed by atoms with Gasteiger partial charge in [-0.2, -0.15) is 0 Å². The molecule has 1 aromatic rings. The lowest BCUT2D eigenvalue weighted by molar-refractivity contribution is -0.119. The predicted molar refractivity (Wildman–Crippen MR) is 81.2 cm³/mol. The molecule has 2 N–H and O–H groups in total. The predicted octanol–water partition coefficient (Wildman–Crippen LogP) is 2.14. The van der Waals surface area contributed by atoms with Gasteiger partial charge in [0.25, 0.3) is 0 Å². The summed E-state index contributed by atoms with van der Waals surface area (Å²) in [4.78, 5) is 16.4.